The van der Waals surface area contributed by atoms with Crippen molar-refractivity contribution < 1.29 is 9.90 Å². The van der Waals surface area contributed by atoms with E-state index in [1.807, 2.05) is 6.92 Å². The normalized spacial score (nSPS) is 19.4. The van der Waals surface area contributed by atoms with Crippen LogP contribution < -0.4 is 5.32 Å². The van der Waals surface area contributed by atoms with Gasteiger partial charge in [-0.1, -0.05) is 30.9 Å². The van der Waals surface area contributed by atoms with Gasteiger partial charge in [-0.2, -0.15) is 0 Å². The first-order valence-electron chi connectivity index (χ1n) is 6.95. The van der Waals surface area contributed by atoms with E-state index in [-0.39, 0.29) is 29.1 Å². The van der Waals surface area contributed by atoms with E-state index in [4.69, 9.17) is 11.6 Å². The van der Waals surface area contributed by atoms with Gasteiger partial charge in [0.05, 0.1) is 17.2 Å². The number of nitrogens with zero attached hydrogens (tertiary/aromatic N) is 2. The van der Waals surface area contributed by atoms with Gasteiger partial charge in [0.2, 0.25) is 0 Å². The number of rotatable bonds is 4. The van der Waals surface area contributed by atoms with Crippen molar-refractivity contribution in [2.24, 2.45) is 5.92 Å². The molecule has 1 aliphatic rings. The lowest BCUT2D eigenvalue weighted by atomic mass is 9.76. The Balaban J connectivity index is 2.13. The molecule has 6 heteroatoms. The summed E-state index contributed by atoms with van der Waals surface area (Å²) in [5.41, 5.74) is -0.483. The molecule has 0 radical (unpaired) electrons. The Kier molecular flexibility index (Phi) is 4.94. The van der Waals surface area contributed by atoms with Crippen LogP contribution in [0.15, 0.2) is 12.5 Å². The summed E-state index contributed by atoms with van der Waals surface area (Å²) in [6.45, 7) is 1.79. The average Bonchev–Trinajstić information content (AvgIpc) is 2.48. The zero-order valence-electron chi connectivity index (χ0n) is 11.6. The summed E-state index contributed by atoms with van der Waals surface area (Å²) in [6.07, 6.45) is 8.24. The van der Waals surface area contributed by atoms with Crippen LogP contribution in [0.3, 0.4) is 0 Å². The predicted molar refractivity (Wildman–Crippen MR) is 76.6 cm³/mol. The van der Waals surface area contributed by atoms with Crippen LogP contribution in [0.5, 0.6) is 0 Å². The highest BCUT2D eigenvalue weighted by atomic mass is 35.5. The number of carbonyl (C=O) groups is 1. The number of halogens is 1. The highest BCUT2D eigenvalue weighted by molar-refractivity contribution is 6.33. The van der Waals surface area contributed by atoms with Crippen LogP contribution in [0.4, 0.5) is 0 Å². The summed E-state index contributed by atoms with van der Waals surface area (Å²) in [6, 6.07) is 0. The van der Waals surface area contributed by atoms with E-state index in [2.05, 4.69) is 15.3 Å². The molecule has 0 saturated heterocycles. The Hall–Kier alpha value is -1.20. The highest BCUT2D eigenvalue weighted by Crippen LogP contribution is 2.32. The molecule has 0 bridgehead atoms. The van der Waals surface area contributed by atoms with Crippen molar-refractivity contribution in [3.8, 4) is 0 Å². The minimum absolute atomic E-state index is 0.0912. The van der Waals surface area contributed by atoms with Gasteiger partial charge in [0.1, 0.15) is 12.0 Å². The fourth-order valence-electron chi connectivity index (χ4n) is 2.81. The van der Waals surface area contributed by atoms with Crippen LogP contribution in [0, 0.1) is 5.92 Å². The lowest BCUT2D eigenvalue weighted by Gasteiger charge is -2.39. The molecule has 0 aliphatic heterocycles. The van der Waals surface area contributed by atoms with Crippen LogP contribution >= 0.6 is 11.6 Å². The quantitative estimate of drug-likeness (QED) is 0.893. The molecule has 110 valence electrons. The van der Waals surface area contributed by atoms with Gasteiger partial charge in [0, 0.05) is 6.20 Å². The van der Waals surface area contributed by atoms with Crippen molar-refractivity contribution >= 4 is 17.5 Å². The third-order valence-electron chi connectivity index (χ3n) is 4.12. The van der Waals surface area contributed by atoms with E-state index < -0.39 is 5.54 Å². The number of nitrogens with one attached hydrogen (secondary N) is 1. The first-order valence-corrected chi connectivity index (χ1v) is 7.33. The molecule has 1 fully saturated rings. The van der Waals surface area contributed by atoms with Gasteiger partial charge in [0.25, 0.3) is 5.91 Å². The van der Waals surface area contributed by atoms with E-state index in [1.165, 1.54) is 18.9 Å². The first kappa shape index (κ1) is 15.2. The number of hydrogen-bond donors (Lipinski definition) is 2. The van der Waals surface area contributed by atoms with Crippen molar-refractivity contribution in [3.05, 3.63) is 23.2 Å². The van der Waals surface area contributed by atoms with Crippen LogP contribution in [-0.2, 0) is 0 Å². The Morgan fingerprint density at radius 1 is 1.50 bits per heavy atom. The van der Waals surface area contributed by atoms with Gasteiger partial charge >= 0.3 is 0 Å². The second kappa shape index (κ2) is 6.50. The first-order chi connectivity index (χ1) is 9.57. The van der Waals surface area contributed by atoms with Crippen molar-refractivity contribution in [1.82, 2.24) is 15.3 Å². The number of hydrogen-bond acceptors (Lipinski definition) is 4. The molecule has 1 aliphatic carbocycles. The fraction of sp³-hybridized carbons (Fsp3) is 0.643. The maximum atomic E-state index is 12.3. The number of aliphatic hydroxyl groups excluding tert-OH is 1. The molecule has 2 rings (SSSR count). The van der Waals surface area contributed by atoms with Crippen molar-refractivity contribution in [1.29, 1.82) is 0 Å². The Bertz CT molecular complexity index is 477. The molecule has 1 aromatic heterocycles. The molecular formula is C14H20ClN3O2. The standard InChI is InChI=1S/C14H20ClN3O2/c1-14(8-19,10-5-3-2-4-6-10)18-13(20)12-11(15)7-16-9-17-12/h7,9-10,19H,2-6,8H2,1H3,(H,18,20)/t14-/m0/s1. The summed E-state index contributed by atoms with van der Waals surface area (Å²) >= 11 is 5.93. The molecule has 2 N–H and O–H groups in total. The second-order valence-corrected chi connectivity index (χ2v) is 5.99. The second-order valence-electron chi connectivity index (χ2n) is 5.58. The van der Waals surface area contributed by atoms with Gasteiger partial charge in [-0.25, -0.2) is 9.97 Å². The molecule has 0 aromatic carbocycles. The minimum atomic E-state index is -0.633. The Morgan fingerprint density at radius 2 is 2.20 bits per heavy atom. The van der Waals surface area contributed by atoms with Crippen molar-refractivity contribution in [2.75, 3.05) is 6.61 Å². The number of aliphatic hydroxyl groups is 1. The molecule has 0 unspecified atom stereocenters. The van der Waals surface area contributed by atoms with Crippen LogP contribution in [0.2, 0.25) is 5.02 Å². The summed E-state index contributed by atoms with van der Waals surface area (Å²) in [5.74, 6) is -0.0784. The highest BCUT2D eigenvalue weighted by Gasteiger charge is 2.36. The van der Waals surface area contributed by atoms with Crippen molar-refractivity contribution in [2.45, 2.75) is 44.6 Å². The molecule has 0 spiro atoms. The number of amides is 1. The van der Waals surface area contributed by atoms with Gasteiger partial charge < -0.3 is 10.4 Å². The smallest absolute Gasteiger partial charge is 0.272 e. The van der Waals surface area contributed by atoms with Crippen LogP contribution in [-0.4, -0.2) is 33.1 Å². The van der Waals surface area contributed by atoms with Crippen molar-refractivity contribution in [3.63, 3.8) is 0 Å². The van der Waals surface area contributed by atoms with Gasteiger partial charge in [-0.3, -0.25) is 4.79 Å². The lowest BCUT2D eigenvalue weighted by Crippen LogP contribution is -2.55. The third-order valence-corrected chi connectivity index (χ3v) is 4.39. The van der Waals surface area contributed by atoms with Gasteiger partial charge in [0.15, 0.2) is 0 Å². The third kappa shape index (κ3) is 3.27. The molecule has 1 saturated carbocycles. The largest absolute Gasteiger partial charge is 0.394 e. The molecule has 1 amide bonds. The summed E-state index contributed by atoms with van der Waals surface area (Å²) in [4.78, 5) is 20.0. The maximum Gasteiger partial charge on any atom is 0.272 e. The summed E-state index contributed by atoms with van der Waals surface area (Å²) < 4.78 is 0. The zero-order chi connectivity index (χ0) is 14.6. The van der Waals surface area contributed by atoms with Gasteiger partial charge in [-0.15, -0.1) is 0 Å². The Labute approximate surface area is 123 Å². The molecular weight excluding hydrogens is 278 g/mol. The van der Waals surface area contributed by atoms with E-state index in [0.717, 1.165) is 25.7 Å². The van der Waals surface area contributed by atoms with E-state index >= 15 is 0 Å². The van der Waals surface area contributed by atoms with E-state index in [1.54, 1.807) is 0 Å². The molecule has 1 atom stereocenters. The summed E-state index contributed by atoms with van der Waals surface area (Å²) in [5, 5.41) is 12.8. The molecule has 1 heterocycles. The predicted octanol–water partition coefficient (Wildman–Crippen LogP) is 2.19. The van der Waals surface area contributed by atoms with Crippen LogP contribution in [0.1, 0.15) is 49.5 Å². The molecule has 5 nitrogen and oxygen atoms in total. The fourth-order valence-corrected chi connectivity index (χ4v) is 3.00. The zero-order valence-corrected chi connectivity index (χ0v) is 12.4. The van der Waals surface area contributed by atoms with Crippen LogP contribution in [0.25, 0.3) is 0 Å². The topological polar surface area (TPSA) is 75.1 Å². The molecule has 1 aromatic rings. The van der Waals surface area contributed by atoms with E-state index in [9.17, 15) is 9.90 Å². The average molecular weight is 298 g/mol. The molecule has 20 heavy (non-hydrogen) atoms. The van der Waals surface area contributed by atoms with E-state index in [0.29, 0.717) is 0 Å². The minimum Gasteiger partial charge on any atom is -0.394 e. The lowest BCUT2D eigenvalue weighted by molar-refractivity contribution is 0.0675. The number of carbonyl (C=O) groups excluding carboxylic acids is 1. The monoisotopic (exact) mass is 297 g/mol. The van der Waals surface area contributed by atoms with Gasteiger partial charge in [-0.05, 0) is 25.7 Å². The number of aromatic nitrogens is 2. The maximum absolute atomic E-state index is 12.3. The summed E-state index contributed by atoms with van der Waals surface area (Å²) in [7, 11) is 0. The SMILES string of the molecule is C[C@@](CO)(NC(=O)c1ncncc1Cl)C1CCCCC1. The Morgan fingerprint density at radius 3 is 2.80 bits per heavy atom.